The van der Waals surface area contributed by atoms with E-state index in [2.05, 4.69) is 19.1 Å². The van der Waals surface area contributed by atoms with Gasteiger partial charge in [-0.2, -0.15) is 0 Å². The van der Waals surface area contributed by atoms with E-state index < -0.39 is 0 Å². The van der Waals surface area contributed by atoms with Gasteiger partial charge in [0.05, 0.1) is 6.54 Å². The fourth-order valence-corrected chi connectivity index (χ4v) is 2.46. The van der Waals surface area contributed by atoms with E-state index in [0.717, 1.165) is 13.0 Å². The summed E-state index contributed by atoms with van der Waals surface area (Å²) in [5, 5.41) is 0. The number of amides is 1. The maximum Gasteiger partial charge on any atom is 0.236 e. The van der Waals surface area contributed by atoms with Crippen LogP contribution in [0, 0.1) is 0 Å². The van der Waals surface area contributed by atoms with Crippen LogP contribution in [0.25, 0.3) is 0 Å². The third-order valence-electron chi connectivity index (χ3n) is 3.34. The van der Waals surface area contributed by atoms with E-state index in [0.29, 0.717) is 12.0 Å². The van der Waals surface area contributed by atoms with Crippen molar-refractivity contribution in [3.8, 4) is 0 Å². The lowest BCUT2D eigenvalue weighted by atomic mass is 9.97. The van der Waals surface area contributed by atoms with Crippen LogP contribution in [-0.2, 0) is 4.79 Å². The van der Waals surface area contributed by atoms with Crippen LogP contribution in [0.5, 0.6) is 0 Å². The predicted octanol–water partition coefficient (Wildman–Crippen LogP) is 1.77. The molecule has 2 rings (SSSR count). The molecule has 1 heterocycles. The Hall–Kier alpha value is -1.06. The van der Waals surface area contributed by atoms with Gasteiger partial charge < -0.3 is 10.6 Å². The second kappa shape index (κ2) is 6.03. The number of nitrogens with two attached hydrogens (primary N) is 1. The zero-order chi connectivity index (χ0) is 11.5. The first-order valence-corrected chi connectivity index (χ1v) is 5.77. The number of carbonyl (C=O) groups is 1. The smallest absolute Gasteiger partial charge is 0.236 e. The molecule has 1 aromatic rings. The van der Waals surface area contributed by atoms with Crippen molar-refractivity contribution in [3.05, 3.63) is 35.9 Å². The Balaban J connectivity index is 0.00000144. The van der Waals surface area contributed by atoms with Gasteiger partial charge >= 0.3 is 0 Å². The number of hydrogen-bond acceptors (Lipinski definition) is 2. The van der Waals surface area contributed by atoms with Crippen LogP contribution in [0.4, 0.5) is 0 Å². The molecule has 0 saturated carbocycles. The largest absolute Gasteiger partial charge is 0.338 e. The van der Waals surface area contributed by atoms with Gasteiger partial charge in [-0.3, -0.25) is 4.79 Å². The van der Waals surface area contributed by atoms with E-state index in [1.54, 1.807) is 0 Å². The summed E-state index contributed by atoms with van der Waals surface area (Å²) in [4.78, 5) is 13.5. The zero-order valence-corrected chi connectivity index (χ0v) is 10.8. The molecule has 17 heavy (non-hydrogen) atoms. The minimum atomic E-state index is 0. The summed E-state index contributed by atoms with van der Waals surface area (Å²) in [6.45, 7) is 3.02. The number of hydrogen-bond donors (Lipinski definition) is 1. The summed E-state index contributed by atoms with van der Waals surface area (Å²) in [6.07, 6.45) is 1.04. The number of nitrogens with zero attached hydrogens (tertiary/aromatic N) is 1. The highest BCUT2D eigenvalue weighted by atomic mass is 35.5. The summed E-state index contributed by atoms with van der Waals surface area (Å²) in [7, 11) is 0. The van der Waals surface area contributed by atoms with Crippen LogP contribution in [0.2, 0.25) is 0 Å². The predicted molar refractivity (Wildman–Crippen MR) is 71.3 cm³/mol. The minimum absolute atomic E-state index is 0. The topological polar surface area (TPSA) is 46.3 Å². The van der Waals surface area contributed by atoms with Gasteiger partial charge in [0.25, 0.3) is 0 Å². The Morgan fingerprint density at radius 3 is 2.65 bits per heavy atom. The molecule has 0 radical (unpaired) electrons. The molecular formula is C13H19ClN2O. The molecule has 3 nitrogen and oxygen atoms in total. The number of rotatable bonds is 2. The van der Waals surface area contributed by atoms with E-state index in [1.807, 2.05) is 23.1 Å². The minimum Gasteiger partial charge on any atom is -0.338 e. The molecule has 1 aliphatic heterocycles. The highest BCUT2D eigenvalue weighted by molar-refractivity contribution is 5.85. The summed E-state index contributed by atoms with van der Waals surface area (Å²) in [5.74, 6) is 0.526. The lowest BCUT2D eigenvalue weighted by Crippen LogP contribution is -2.38. The van der Waals surface area contributed by atoms with E-state index in [4.69, 9.17) is 5.73 Å². The molecule has 94 valence electrons. The van der Waals surface area contributed by atoms with Crippen LogP contribution < -0.4 is 5.73 Å². The maximum absolute atomic E-state index is 11.6. The monoisotopic (exact) mass is 254 g/mol. The average Bonchev–Trinajstić information content (AvgIpc) is 2.71. The van der Waals surface area contributed by atoms with Crippen LogP contribution in [0.15, 0.2) is 30.3 Å². The number of carbonyl (C=O) groups excluding carboxylic acids is 1. The van der Waals surface area contributed by atoms with Gasteiger partial charge in [-0.25, -0.2) is 0 Å². The third kappa shape index (κ3) is 2.99. The Kier molecular flexibility index (Phi) is 4.97. The Morgan fingerprint density at radius 1 is 1.41 bits per heavy atom. The van der Waals surface area contributed by atoms with Crippen molar-refractivity contribution in [1.29, 1.82) is 0 Å². The van der Waals surface area contributed by atoms with Crippen molar-refractivity contribution in [2.45, 2.75) is 25.3 Å². The van der Waals surface area contributed by atoms with E-state index >= 15 is 0 Å². The zero-order valence-electron chi connectivity index (χ0n) is 10.0. The quantitative estimate of drug-likeness (QED) is 0.875. The first kappa shape index (κ1) is 14.0. The maximum atomic E-state index is 11.6. The van der Waals surface area contributed by atoms with Gasteiger partial charge in [-0.05, 0) is 18.9 Å². The molecule has 0 aliphatic carbocycles. The molecule has 0 aromatic heterocycles. The standard InChI is InChI=1S/C13H18N2O.ClH/c1-10-7-12(9-15(10)13(16)8-14)11-5-3-2-4-6-11;/h2-6,10,12H,7-9,14H2,1H3;1H. The SMILES string of the molecule is CC1CC(c2ccccc2)CN1C(=O)CN.Cl. The molecule has 1 amide bonds. The van der Waals surface area contributed by atoms with Gasteiger partial charge in [-0.15, -0.1) is 12.4 Å². The summed E-state index contributed by atoms with van der Waals surface area (Å²) < 4.78 is 0. The number of halogens is 1. The van der Waals surface area contributed by atoms with E-state index in [1.165, 1.54) is 5.56 Å². The van der Waals surface area contributed by atoms with Crippen LogP contribution in [0.3, 0.4) is 0 Å². The molecule has 1 saturated heterocycles. The van der Waals surface area contributed by atoms with Crippen molar-refractivity contribution in [2.75, 3.05) is 13.1 Å². The van der Waals surface area contributed by atoms with Gasteiger partial charge in [-0.1, -0.05) is 30.3 Å². The summed E-state index contributed by atoms with van der Waals surface area (Å²) >= 11 is 0. The first-order chi connectivity index (χ1) is 7.72. The molecule has 2 atom stereocenters. The van der Waals surface area contributed by atoms with E-state index in [-0.39, 0.29) is 24.9 Å². The molecular weight excluding hydrogens is 236 g/mol. The summed E-state index contributed by atoms with van der Waals surface area (Å²) in [5.41, 5.74) is 6.73. The molecule has 1 aliphatic rings. The Labute approximate surface area is 108 Å². The van der Waals surface area contributed by atoms with Crippen molar-refractivity contribution >= 4 is 18.3 Å². The van der Waals surface area contributed by atoms with Crippen LogP contribution in [0.1, 0.15) is 24.8 Å². The van der Waals surface area contributed by atoms with Gasteiger partial charge in [0.2, 0.25) is 5.91 Å². The number of likely N-dealkylation sites (tertiary alicyclic amines) is 1. The molecule has 2 N–H and O–H groups in total. The highest BCUT2D eigenvalue weighted by Crippen LogP contribution is 2.31. The lowest BCUT2D eigenvalue weighted by Gasteiger charge is -2.20. The molecule has 1 aromatic carbocycles. The highest BCUT2D eigenvalue weighted by Gasteiger charge is 2.32. The molecule has 1 fully saturated rings. The Morgan fingerprint density at radius 2 is 2.06 bits per heavy atom. The van der Waals surface area contributed by atoms with Crippen molar-refractivity contribution in [2.24, 2.45) is 5.73 Å². The van der Waals surface area contributed by atoms with Gasteiger partial charge in [0.15, 0.2) is 0 Å². The fourth-order valence-electron chi connectivity index (χ4n) is 2.46. The van der Waals surface area contributed by atoms with Crippen LogP contribution in [-0.4, -0.2) is 29.9 Å². The second-order valence-corrected chi connectivity index (χ2v) is 4.44. The fraction of sp³-hybridized carbons (Fsp3) is 0.462. The van der Waals surface area contributed by atoms with Crippen molar-refractivity contribution in [3.63, 3.8) is 0 Å². The first-order valence-electron chi connectivity index (χ1n) is 5.77. The molecule has 0 bridgehead atoms. The molecule has 2 unspecified atom stereocenters. The second-order valence-electron chi connectivity index (χ2n) is 4.44. The van der Waals surface area contributed by atoms with Gasteiger partial charge in [0.1, 0.15) is 0 Å². The van der Waals surface area contributed by atoms with Gasteiger partial charge in [0, 0.05) is 18.5 Å². The Bertz CT molecular complexity index is 369. The molecule has 0 spiro atoms. The van der Waals surface area contributed by atoms with E-state index in [9.17, 15) is 4.79 Å². The average molecular weight is 255 g/mol. The molecule has 4 heteroatoms. The summed E-state index contributed by atoms with van der Waals surface area (Å²) in [6, 6.07) is 10.7. The lowest BCUT2D eigenvalue weighted by molar-refractivity contribution is -0.130. The number of benzene rings is 1. The van der Waals surface area contributed by atoms with Crippen molar-refractivity contribution in [1.82, 2.24) is 4.90 Å². The van der Waals surface area contributed by atoms with Crippen LogP contribution >= 0.6 is 12.4 Å². The van der Waals surface area contributed by atoms with Crippen molar-refractivity contribution < 1.29 is 4.79 Å². The normalized spacial score (nSPS) is 23.3. The third-order valence-corrected chi connectivity index (χ3v) is 3.34.